The number of likely N-dealkylation sites (tertiary alicyclic amines) is 1. The molecule has 2 aromatic carbocycles. The number of carboxylic acid groups (broad SMARTS) is 1. The van der Waals surface area contributed by atoms with Crippen molar-refractivity contribution in [2.24, 2.45) is 5.92 Å². The summed E-state index contributed by atoms with van der Waals surface area (Å²) in [5.74, 6) is -1.90. The molecule has 0 amide bonds. The number of rotatable bonds is 4. The Morgan fingerprint density at radius 2 is 1.81 bits per heavy atom. The molecule has 144 valence electrons. The zero-order chi connectivity index (χ0) is 19.6. The summed E-state index contributed by atoms with van der Waals surface area (Å²) in [6, 6.07) is 10.1. The molecular weight excluding hydrogens is 362 g/mol. The summed E-state index contributed by atoms with van der Waals surface area (Å²) in [5, 5.41) is 9.34. The molecule has 3 rings (SSSR count). The third-order valence-electron chi connectivity index (χ3n) is 4.89. The van der Waals surface area contributed by atoms with Gasteiger partial charge < -0.3 is 5.11 Å². The average molecular weight is 381 g/mol. The zero-order valence-corrected chi connectivity index (χ0v) is 14.4. The van der Waals surface area contributed by atoms with Crippen LogP contribution in [-0.4, -0.2) is 29.1 Å². The molecule has 0 aliphatic carbocycles. The third-order valence-corrected chi connectivity index (χ3v) is 4.89. The van der Waals surface area contributed by atoms with E-state index >= 15 is 0 Å². The molecular formula is C20H19F4NO2. The number of hydrogen-bond donors (Lipinski definition) is 1. The summed E-state index contributed by atoms with van der Waals surface area (Å²) >= 11 is 0. The normalized spacial score (nSPS) is 19.6. The number of aliphatic carboxylic acids is 1. The van der Waals surface area contributed by atoms with Gasteiger partial charge in [-0.1, -0.05) is 24.3 Å². The molecule has 7 heteroatoms. The number of benzene rings is 2. The van der Waals surface area contributed by atoms with Crippen molar-refractivity contribution in [3.8, 4) is 0 Å². The number of carbonyl (C=O) groups is 1. The highest BCUT2D eigenvalue weighted by Crippen LogP contribution is 2.35. The minimum Gasteiger partial charge on any atom is -0.481 e. The van der Waals surface area contributed by atoms with Gasteiger partial charge in [-0.15, -0.1) is 0 Å². The first-order valence-electron chi connectivity index (χ1n) is 8.65. The van der Waals surface area contributed by atoms with E-state index in [1.807, 2.05) is 4.90 Å². The molecule has 0 spiro atoms. The van der Waals surface area contributed by atoms with Gasteiger partial charge in [0.1, 0.15) is 5.82 Å². The molecule has 1 aliphatic heterocycles. The van der Waals surface area contributed by atoms with E-state index < -0.39 is 35.5 Å². The topological polar surface area (TPSA) is 40.5 Å². The van der Waals surface area contributed by atoms with E-state index in [1.165, 1.54) is 24.3 Å². The molecule has 1 heterocycles. The Bertz CT molecular complexity index is 804. The van der Waals surface area contributed by atoms with E-state index in [9.17, 15) is 27.5 Å². The Morgan fingerprint density at radius 1 is 1.11 bits per heavy atom. The molecule has 1 fully saturated rings. The first kappa shape index (κ1) is 19.4. The van der Waals surface area contributed by atoms with Crippen LogP contribution in [0, 0.1) is 11.7 Å². The molecule has 0 saturated carbocycles. The Kier molecular flexibility index (Phi) is 5.51. The zero-order valence-electron chi connectivity index (χ0n) is 14.4. The van der Waals surface area contributed by atoms with E-state index in [1.54, 1.807) is 12.1 Å². The quantitative estimate of drug-likeness (QED) is 0.779. The fraction of sp³-hybridized carbons (Fsp3) is 0.350. The summed E-state index contributed by atoms with van der Waals surface area (Å²) in [7, 11) is 0. The summed E-state index contributed by atoms with van der Waals surface area (Å²) in [6.45, 7) is 0.851. The van der Waals surface area contributed by atoms with E-state index in [0.29, 0.717) is 30.5 Å². The maximum atomic E-state index is 13.8. The lowest BCUT2D eigenvalue weighted by Crippen LogP contribution is -2.41. The second kappa shape index (κ2) is 7.68. The standard InChI is InChI=1S/C20H19F4NO2/c21-17-5-1-3-14(11-17)18(25-10-2-4-15(12-25)19(26)27)13-6-8-16(9-7-13)20(22,23)24/h1,3,5-9,11,15,18H,2,4,10,12H2,(H,26,27). The molecule has 27 heavy (non-hydrogen) atoms. The van der Waals surface area contributed by atoms with Crippen LogP contribution in [0.2, 0.25) is 0 Å². The number of hydrogen-bond acceptors (Lipinski definition) is 2. The lowest BCUT2D eigenvalue weighted by Gasteiger charge is -2.37. The molecule has 2 atom stereocenters. The molecule has 1 saturated heterocycles. The van der Waals surface area contributed by atoms with Crippen LogP contribution in [0.5, 0.6) is 0 Å². The highest BCUT2D eigenvalue weighted by Gasteiger charge is 2.33. The largest absolute Gasteiger partial charge is 0.481 e. The maximum absolute atomic E-state index is 13.8. The van der Waals surface area contributed by atoms with Gasteiger partial charge in [-0.05, 0) is 54.8 Å². The first-order valence-corrected chi connectivity index (χ1v) is 8.65. The molecule has 3 nitrogen and oxygen atoms in total. The molecule has 2 aromatic rings. The fourth-order valence-corrected chi connectivity index (χ4v) is 3.59. The summed E-state index contributed by atoms with van der Waals surface area (Å²) in [6.07, 6.45) is -3.23. The lowest BCUT2D eigenvalue weighted by molar-refractivity contribution is -0.144. The van der Waals surface area contributed by atoms with Crippen LogP contribution in [-0.2, 0) is 11.0 Å². The monoisotopic (exact) mass is 381 g/mol. The van der Waals surface area contributed by atoms with Gasteiger partial charge in [-0.2, -0.15) is 13.2 Å². The highest BCUT2D eigenvalue weighted by atomic mass is 19.4. The number of carboxylic acids is 1. The van der Waals surface area contributed by atoms with E-state index in [-0.39, 0.29) is 6.54 Å². The number of piperidine rings is 1. The van der Waals surface area contributed by atoms with Gasteiger partial charge in [0, 0.05) is 6.54 Å². The van der Waals surface area contributed by atoms with Crippen molar-refractivity contribution < 1.29 is 27.5 Å². The lowest BCUT2D eigenvalue weighted by atomic mass is 9.91. The van der Waals surface area contributed by atoms with Gasteiger partial charge in [0.05, 0.1) is 17.5 Å². The predicted molar refractivity (Wildman–Crippen MR) is 91.6 cm³/mol. The summed E-state index contributed by atoms with van der Waals surface area (Å²) < 4.78 is 52.4. The summed E-state index contributed by atoms with van der Waals surface area (Å²) in [5.41, 5.74) is 0.395. The smallest absolute Gasteiger partial charge is 0.416 e. The van der Waals surface area contributed by atoms with Crippen LogP contribution in [0.3, 0.4) is 0 Å². The maximum Gasteiger partial charge on any atom is 0.416 e. The van der Waals surface area contributed by atoms with Crippen LogP contribution in [0.25, 0.3) is 0 Å². The molecule has 1 N–H and O–H groups in total. The highest BCUT2D eigenvalue weighted by molar-refractivity contribution is 5.70. The molecule has 2 unspecified atom stereocenters. The van der Waals surface area contributed by atoms with Gasteiger partial charge in [0.15, 0.2) is 0 Å². The van der Waals surface area contributed by atoms with E-state index in [4.69, 9.17) is 0 Å². The van der Waals surface area contributed by atoms with Crippen LogP contribution in [0.15, 0.2) is 48.5 Å². The van der Waals surface area contributed by atoms with E-state index in [0.717, 1.165) is 12.1 Å². The van der Waals surface area contributed by atoms with Crippen molar-refractivity contribution in [1.29, 1.82) is 0 Å². The van der Waals surface area contributed by atoms with Crippen molar-refractivity contribution in [2.45, 2.75) is 25.1 Å². The minimum absolute atomic E-state index is 0.261. The average Bonchev–Trinajstić information content (AvgIpc) is 2.62. The van der Waals surface area contributed by atoms with Crippen molar-refractivity contribution in [2.75, 3.05) is 13.1 Å². The molecule has 1 aliphatic rings. The van der Waals surface area contributed by atoms with Crippen molar-refractivity contribution in [3.05, 3.63) is 71.0 Å². The molecule has 0 aromatic heterocycles. The van der Waals surface area contributed by atoms with Gasteiger partial charge in [0.2, 0.25) is 0 Å². The van der Waals surface area contributed by atoms with Crippen molar-refractivity contribution in [1.82, 2.24) is 4.90 Å². The van der Waals surface area contributed by atoms with Crippen LogP contribution >= 0.6 is 0 Å². The second-order valence-corrected chi connectivity index (χ2v) is 6.75. The van der Waals surface area contributed by atoms with E-state index in [2.05, 4.69) is 0 Å². The van der Waals surface area contributed by atoms with Gasteiger partial charge in [0.25, 0.3) is 0 Å². The molecule has 0 radical (unpaired) electrons. The van der Waals surface area contributed by atoms with Crippen LogP contribution < -0.4 is 0 Å². The van der Waals surface area contributed by atoms with Crippen molar-refractivity contribution >= 4 is 5.97 Å². The van der Waals surface area contributed by atoms with Gasteiger partial charge >= 0.3 is 12.1 Å². The SMILES string of the molecule is O=C(O)C1CCCN(C(c2ccc(C(F)(F)F)cc2)c2cccc(F)c2)C1. The molecule has 0 bridgehead atoms. The van der Waals surface area contributed by atoms with Crippen molar-refractivity contribution in [3.63, 3.8) is 0 Å². The minimum atomic E-state index is -4.44. The first-order chi connectivity index (χ1) is 12.8. The number of nitrogens with zero attached hydrogens (tertiary/aromatic N) is 1. The Balaban J connectivity index is 1.99. The summed E-state index contributed by atoms with van der Waals surface area (Å²) in [4.78, 5) is 13.3. The Hall–Kier alpha value is -2.41. The van der Waals surface area contributed by atoms with Crippen LogP contribution in [0.4, 0.5) is 17.6 Å². The second-order valence-electron chi connectivity index (χ2n) is 6.75. The number of alkyl halides is 3. The third kappa shape index (κ3) is 4.47. The number of halogens is 4. The van der Waals surface area contributed by atoms with Gasteiger partial charge in [-0.25, -0.2) is 4.39 Å². The predicted octanol–water partition coefficient (Wildman–Crippen LogP) is 4.73. The van der Waals surface area contributed by atoms with Crippen LogP contribution in [0.1, 0.15) is 35.6 Å². The Labute approximate surface area is 154 Å². The Morgan fingerprint density at radius 3 is 2.41 bits per heavy atom. The van der Waals surface area contributed by atoms with Gasteiger partial charge in [-0.3, -0.25) is 9.69 Å². The fourth-order valence-electron chi connectivity index (χ4n) is 3.59.